The number of rotatable bonds is 29. The van der Waals surface area contributed by atoms with Crippen molar-refractivity contribution in [1.29, 1.82) is 5.26 Å². The van der Waals surface area contributed by atoms with Gasteiger partial charge < -0.3 is 51.8 Å². The van der Waals surface area contributed by atoms with Crippen LogP contribution in [0, 0.1) is 23.2 Å². The third-order valence-corrected chi connectivity index (χ3v) is 11.7. The molecule has 0 heterocycles. The maximum Gasteiger partial charge on any atom is 0.322 e. The fourth-order valence-electron chi connectivity index (χ4n) is 7.64. The van der Waals surface area contributed by atoms with E-state index in [1.165, 1.54) is 61.0 Å². The van der Waals surface area contributed by atoms with E-state index in [1.54, 1.807) is 58.0 Å². The van der Waals surface area contributed by atoms with Crippen LogP contribution in [0.5, 0.6) is 5.75 Å². The molecule has 0 saturated carbocycles. The zero-order chi connectivity index (χ0) is 56.3. The van der Waals surface area contributed by atoms with Crippen LogP contribution in [0.2, 0.25) is 0 Å². The van der Waals surface area contributed by atoms with Crippen LogP contribution in [-0.4, -0.2) is 142 Å². The quantitative estimate of drug-likeness (QED) is 0.0449. The molecule has 23 heteroatoms. The molecule has 76 heavy (non-hydrogen) atoms. The van der Waals surface area contributed by atoms with Gasteiger partial charge in [-0.05, 0) is 81.3 Å². The number of carbonyl (C=O) groups is 8. The van der Waals surface area contributed by atoms with E-state index in [0.29, 0.717) is 12.1 Å². The van der Waals surface area contributed by atoms with E-state index in [2.05, 4.69) is 48.2 Å². The minimum atomic E-state index is -1.12. The lowest BCUT2D eigenvalue weighted by Crippen LogP contribution is -2.57. The average molecular weight is 1060 g/mol. The second-order valence-corrected chi connectivity index (χ2v) is 18.8. The van der Waals surface area contributed by atoms with Gasteiger partial charge in [0.2, 0.25) is 23.6 Å². The molecule has 414 valence electrons. The lowest BCUT2D eigenvalue weighted by molar-refractivity contribution is -0.130. The van der Waals surface area contributed by atoms with E-state index in [0.717, 1.165) is 5.56 Å². The van der Waals surface area contributed by atoms with Gasteiger partial charge in [0, 0.05) is 64.6 Å². The molecular weight excluding hydrogens is 979 g/mol. The van der Waals surface area contributed by atoms with Crippen molar-refractivity contribution in [2.45, 2.75) is 104 Å². The second kappa shape index (κ2) is 32.4. The molecule has 0 radical (unpaired) electrons. The zero-order valence-corrected chi connectivity index (χ0v) is 45.3. The number of benzene rings is 3. The number of anilines is 2. The van der Waals surface area contributed by atoms with Crippen molar-refractivity contribution in [3.05, 3.63) is 90.0 Å². The van der Waals surface area contributed by atoms with Gasteiger partial charge in [0.25, 0.3) is 5.91 Å². The highest BCUT2D eigenvalue weighted by atomic mass is 16.7. The summed E-state index contributed by atoms with van der Waals surface area (Å²) in [6, 6.07) is 18.2. The Morgan fingerprint density at radius 1 is 0.645 bits per heavy atom. The number of nitrogens with zero attached hydrogens (tertiary/aromatic N) is 4. The Balaban J connectivity index is 1.98. The lowest BCUT2D eigenvalue weighted by atomic mass is 10.0. The standard InChI is InChI=1S/C53H77N13O10/c1-34(2)31-42(48(69)56-9)59-49(70)43(32-38-19-13-11-14-20-38)60-53(74)66(40-21-15-12-16-22-40)28-18-27-65(52(73)61-45(35(3)4)50(71)57-37(7)46(67)55-8)30-29-64(26-17-25-54)51(72)58-39-23-24-44(75-10)41(33-39)47(68)62-63-76-36(5)6/h11-16,19-24,33-37,42-43,45,63H,17-18,26-32H2,1-10H3,(H,55,67)(H,56,69)(H,57,71)(H,58,72)(H,59,70)(H,60,74)(H,61,73)(H,62,68)/t37-,42-,43-,45-/m0/s1. The average Bonchev–Trinajstić information content (AvgIpc) is 3.39. The topological polar surface area (TPSA) is 297 Å². The summed E-state index contributed by atoms with van der Waals surface area (Å²) in [7, 11) is 4.30. The molecule has 0 aliphatic heterocycles. The predicted molar refractivity (Wildman–Crippen MR) is 287 cm³/mol. The van der Waals surface area contributed by atoms with Crippen molar-refractivity contribution in [2.24, 2.45) is 11.8 Å². The van der Waals surface area contributed by atoms with Crippen LogP contribution in [0.25, 0.3) is 0 Å². The summed E-state index contributed by atoms with van der Waals surface area (Å²) in [4.78, 5) is 118. The highest BCUT2D eigenvalue weighted by molar-refractivity contribution is 5.99. The Morgan fingerprint density at radius 3 is 1.86 bits per heavy atom. The van der Waals surface area contributed by atoms with Crippen molar-refractivity contribution in [1.82, 2.24) is 52.7 Å². The molecule has 3 aromatic rings. The minimum absolute atomic E-state index is 0.00359. The Kier molecular flexibility index (Phi) is 26.5. The van der Waals surface area contributed by atoms with Gasteiger partial charge in [-0.2, -0.15) is 5.26 Å². The Bertz CT molecular complexity index is 2420. The van der Waals surface area contributed by atoms with Crippen LogP contribution >= 0.6 is 0 Å². The molecule has 3 aromatic carbocycles. The first-order valence-corrected chi connectivity index (χ1v) is 25.3. The molecule has 0 aliphatic carbocycles. The number of nitrogens with one attached hydrogen (secondary N) is 9. The van der Waals surface area contributed by atoms with Gasteiger partial charge in [-0.15, -0.1) is 5.59 Å². The van der Waals surface area contributed by atoms with Gasteiger partial charge in [0.05, 0.1) is 31.3 Å². The summed E-state index contributed by atoms with van der Waals surface area (Å²) >= 11 is 0. The molecule has 4 atom stereocenters. The van der Waals surface area contributed by atoms with Crippen LogP contribution in [-0.2, 0) is 30.4 Å². The number of amides is 11. The van der Waals surface area contributed by atoms with Gasteiger partial charge in [-0.1, -0.05) is 76.2 Å². The normalized spacial score (nSPS) is 12.4. The van der Waals surface area contributed by atoms with Crippen molar-refractivity contribution >= 4 is 59.0 Å². The summed E-state index contributed by atoms with van der Waals surface area (Å²) < 4.78 is 5.37. The highest BCUT2D eigenvalue weighted by Crippen LogP contribution is 2.23. The molecular formula is C53H77N13O10. The predicted octanol–water partition coefficient (Wildman–Crippen LogP) is 3.80. The van der Waals surface area contributed by atoms with E-state index < -0.39 is 71.8 Å². The zero-order valence-electron chi connectivity index (χ0n) is 45.3. The third kappa shape index (κ3) is 20.7. The summed E-state index contributed by atoms with van der Waals surface area (Å²) in [6.07, 6.45) is 0.252. The number of hydrazine groups is 1. The van der Waals surface area contributed by atoms with Gasteiger partial charge >= 0.3 is 18.1 Å². The second-order valence-electron chi connectivity index (χ2n) is 18.8. The Morgan fingerprint density at radius 2 is 1.28 bits per heavy atom. The maximum absolute atomic E-state index is 14.5. The number of likely N-dealkylation sites (N-methyl/N-ethyl adjacent to an activating group) is 2. The van der Waals surface area contributed by atoms with Crippen molar-refractivity contribution in [2.75, 3.05) is 64.1 Å². The van der Waals surface area contributed by atoms with Crippen LogP contribution in [0.1, 0.15) is 83.7 Å². The first-order valence-electron chi connectivity index (χ1n) is 25.3. The molecule has 3 rings (SSSR count). The van der Waals surface area contributed by atoms with Gasteiger partial charge in [0.15, 0.2) is 0 Å². The number of nitriles is 1. The van der Waals surface area contributed by atoms with E-state index in [4.69, 9.17) is 9.57 Å². The molecule has 23 nitrogen and oxygen atoms in total. The van der Waals surface area contributed by atoms with E-state index in [1.807, 2.05) is 50.2 Å². The fraction of sp³-hybridized carbons (Fsp3) is 0.491. The maximum atomic E-state index is 14.5. The van der Waals surface area contributed by atoms with Gasteiger partial charge in [-0.3, -0.25) is 39.1 Å². The number of methoxy groups -OCH3 is 1. The number of hydrogen-bond donors (Lipinski definition) is 9. The van der Waals surface area contributed by atoms with Crippen molar-refractivity contribution in [3.8, 4) is 11.8 Å². The molecule has 0 bridgehead atoms. The largest absolute Gasteiger partial charge is 0.496 e. The summed E-state index contributed by atoms with van der Waals surface area (Å²) in [5.74, 6) is -2.81. The highest BCUT2D eigenvalue weighted by Gasteiger charge is 2.32. The molecule has 11 amide bonds. The Hall–Kier alpha value is -7.97. The number of carbonyl (C=O) groups excluding carboxylic acids is 8. The summed E-state index contributed by atoms with van der Waals surface area (Å²) in [6.45, 7) is 12.0. The van der Waals surface area contributed by atoms with Gasteiger partial charge in [-0.25, -0.2) is 14.4 Å². The molecule has 9 N–H and O–H groups in total. The monoisotopic (exact) mass is 1060 g/mol. The number of hydrogen-bond acceptors (Lipinski definition) is 12. The SMILES string of the molecule is CNC(=O)[C@H](C)NC(=O)[C@@H](NC(=O)N(CCCN(C(=O)N[C@@H](Cc1ccccc1)C(=O)N[C@@H](CC(C)C)C(=O)NC)c1ccccc1)CCN(CCC#N)C(=O)Nc1ccc(OC)c(C(=O)NNOC(C)C)c1)C(C)C. The first-order chi connectivity index (χ1) is 36.2. The molecule has 0 unspecified atom stereocenters. The third-order valence-electron chi connectivity index (χ3n) is 11.7. The smallest absolute Gasteiger partial charge is 0.322 e. The summed E-state index contributed by atoms with van der Waals surface area (Å²) in [5.41, 5.74) is 6.28. The fourth-order valence-corrected chi connectivity index (χ4v) is 7.64. The summed E-state index contributed by atoms with van der Waals surface area (Å²) in [5, 5.41) is 28.6. The number of ether oxygens (including phenoxy) is 1. The van der Waals surface area contributed by atoms with Crippen LogP contribution in [0.4, 0.5) is 25.8 Å². The first kappa shape index (κ1) is 62.3. The minimum Gasteiger partial charge on any atom is -0.496 e. The van der Waals surface area contributed by atoms with E-state index >= 15 is 0 Å². The molecule has 0 fully saturated rings. The molecule has 0 aliphatic rings. The number of urea groups is 3. The number of para-hydroxylation sites is 1. The molecule has 0 aromatic heterocycles. The van der Waals surface area contributed by atoms with Crippen LogP contribution in [0.15, 0.2) is 78.9 Å². The molecule has 0 saturated heterocycles. The van der Waals surface area contributed by atoms with Crippen molar-refractivity contribution in [3.63, 3.8) is 0 Å². The van der Waals surface area contributed by atoms with E-state index in [9.17, 15) is 43.6 Å². The molecule has 0 spiro atoms. The van der Waals surface area contributed by atoms with Crippen LogP contribution < -0.4 is 57.9 Å². The van der Waals surface area contributed by atoms with E-state index in [-0.39, 0.29) is 86.9 Å². The van der Waals surface area contributed by atoms with Crippen molar-refractivity contribution < 1.29 is 47.9 Å². The van der Waals surface area contributed by atoms with Crippen LogP contribution in [0.3, 0.4) is 0 Å². The van der Waals surface area contributed by atoms with Gasteiger partial charge in [0.1, 0.15) is 29.9 Å². The lowest BCUT2D eigenvalue weighted by Gasteiger charge is -2.32. The Labute approximate surface area is 445 Å².